The molecule has 1 aromatic rings. The molecule has 0 aliphatic rings. The summed E-state index contributed by atoms with van der Waals surface area (Å²) < 4.78 is 0. The highest BCUT2D eigenvalue weighted by atomic mass is 35.5. The molecule has 1 heterocycles. The summed E-state index contributed by atoms with van der Waals surface area (Å²) in [6.07, 6.45) is 7.47. The van der Waals surface area contributed by atoms with Gasteiger partial charge in [-0.2, -0.15) is 0 Å². The van der Waals surface area contributed by atoms with Crippen molar-refractivity contribution in [1.29, 1.82) is 0 Å². The summed E-state index contributed by atoms with van der Waals surface area (Å²) in [5.41, 5.74) is 0.651. The minimum Gasteiger partial charge on any atom is -0.338 e. The van der Waals surface area contributed by atoms with Crippen LogP contribution in [0.25, 0.3) is 0 Å². The van der Waals surface area contributed by atoms with Crippen molar-refractivity contribution in [3.05, 3.63) is 23.5 Å². The summed E-state index contributed by atoms with van der Waals surface area (Å²) in [5.74, 6) is 0. The van der Waals surface area contributed by atoms with E-state index in [1.807, 2.05) is 0 Å². The fraction of sp³-hybridized carbons (Fsp3) is 0.538. The molecule has 0 aromatic carbocycles. The molecule has 0 saturated carbocycles. The second-order valence-corrected chi connectivity index (χ2v) is 4.55. The van der Waals surface area contributed by atoms with Gasteiger partial charge in [0, 0.05) is 18.4 Å². The molecule has 100 valence electrons. The number of hydrogen-bond acceptors (Lipinski definition) is 2. The Hall–Kier alpha value is -1.29. The molecule has 0 spiro atoms. The van der Waals surface area contributed by atoms with E-state index in [0.717, 1.165) is 12.8 Å². The molecule has 1 aromatic heterocycles. The Morgan fingerprint density at radius 1 is 1.33 bits per heavy atom. The molecule has 18 heavy (non-hydrogen) atoms. The average molecular weight is 270 g/mol. The molecule has 0 fully saturated rings. The first-order chi connectivity index (χ1) is 8.72. The molecule has 2 amide bonds. The van der Waals surface area contributed by atoms with Gasteiger partial charge in [-0.1, -0.05) is 44.2 Å². The number of pyridine rings is 1. The quantitative estimate of drug-likeness (QED) is 0.584. The number of halogens is 1. The van der Waals surface area contributed by atoms with Crippen LogP contribution in [-0.2, 0) is 0 Å². The Labute approximate surface area is 113 Å². The zero-order valence-corrected chi connectivity index (χ0v) is 11.5. The Balaban J connectivity index is 2.14. The van der Waals surface area contributed by atoms with Crippen LogP contribution in [0.4, 0.5) is 10.5 Å². The standard InChI is InChI=1S/C13H20ClN3O/c1-2-3-4-5-6-8-16-13(18)17-11-7-9-15-12(14)10-11/h7,9-10H,2-6,8H2,1H3,(H2,15,16,17,18). The Bertz CT molecular complexity index is 371. The van der Waals surface area contributed by atoms with Crippen LogP contribution in [0.1, 0.15) is 39.0 Å². The third-order valence-corrected chi connectivity index (χ3v) is 2.76. The number of amides is 2. The van der Waals surface area contributed by atoms with Crippen molar-refractivity contribution in [3.63, 3.8) is 0 Å². The summed E-state index contributed by atoms with van der Waals surface area (Å²) in [6.45, 7) is 2.89. The van der Waals surface area contributed by atoms with Crippen molar-refractivity contribution in [2.45, 2.75) is 39.0 Å². The summed E-state index contributed by atoms with van der Waals surface area (Å²) in [7, 11) is 0. The van der Waals surface area contributed by atoms with Crippen LogP contribution in [-0.4, -0.2) is 17.6 Å². The molecular formula is C13H20ClN3O. The molecular weight excluding hydrogens is 250 g/mol. The van der Waals surface area contributed by atoms with Crippen LogP contribution in [0.3, 0.4) is 0 Å². The molecule has 1 rings (SSSR count). The van der Waals surface area contributed by atoms with E-state index < -0.39 is 0 Å². The number of carbonyl (C=O) groups excluding carboxylic acids is 1. The van der Waals surface area contributed by atoms with Gasteiger partial charge < -0.3 is 10.6 Å². The minimum atomic E-state index is -0.201. The Morgan fingerprint density at radius 2 is 2.11 bits per heavy atom. The van der Waals surface area contributed by atoms with Gasteiger partial charge in [0.05, 0.1) is 0 Å². The molecule has 0 atom stereocenters. The highest BCUT2D eigenvalue weighted by molar-refractivity contribution is 6.29. The monoisotopic (exact) mass is 269 g/mol. The molecule has 0 aliphatic heterocycles. The normalized spacial score (nSPS) is 10.1. The zero-order valence-electron chi connectivity index (χ0n) is 10.7. The van der Waals surface area contributed by atoms with E-state index in [1.165, 1.54) is 19.3 Å². The maximum Gasteiger partial charge on any atom is 0.319 e. The predicted molar refractivity (Wildman–Crippen MR) is 75.0 cm³/mol. The van der Waals surface area contributed by atoms with E-state index in [4.69, 9.17) is 11.6 Å². The van der Waals surface area contributed by atoms with Crippen LogP contribution < -0.4 is 10.6 Å². The van der Waals surface area contributed by atoms with E-state index in [9.17, 15) is 4.79 Å². The van der Waals surface area contributed by atoms with Gasteiger partial charge in [0.1, 0.15) is 5.15 Å². The van der Waals surface area contributed by atoms with Gasteiger partial charge in [0.25, 0.3) is 0 Å². The van der Waals surface area contributed by atoms with Crippen molar-refractivity contribution in [1.82, 2.24) is 10.3 Å². The van der Waals surface area contributed by atoms with Crippen molar-refractivity contribution in [3.8, 4) is 0 Å². The highest BCUT2D eigenvalue weighted by Crippen LogP contribution is 2.11. The highest BCUT2D eigenvalue weighted by Gasteiger charge is 2.01. The number of urea groups is 1. The summed E-state index contributed by atoms with van der Waals surface area (Å²) in [4.78, 5) is 15.4. The lowest BCUT2D eigenvalue weighted by Crippen LogP contribution is -2.29. The summed E-state index contributed by atoms with van der Waals surface area (Å²) >= 11 is 5.72. The van der Waals surface area contributed by atoms with Crippen LogP contribution in [0.5, 0.6) is 0 Å². The lowest BCUT2D eigenvalue weighted by atomic mass is 10.1. The first-order valence-corrected chi connectivity index (χ1v) is 6.76. The summed E-state index contributed by atoms with van der Waals surface area (Å²) in [6, 6.07) is 3.11. The van der Waals surface area contributed by atoms with Gasteiger partial charge in [-0.3, -0.25) is 0 Å². The van der Waals surface area contributed by atoms with Crippen LogP contribution >= 0.6 is 11.6 Å². The number of hydrogen-bond donors (Lipinski definition) is 2. The number of aromatic nitrogens is 1. The number of carbonyl (C=O) groups is 1. The maximum absolute atomic E-state index is 11.5. The third-order valence-electron chi connectivity index (χ3n) is 2.55. The average Bonchev–Trinajstić information content (AvgIpc) is 2.33. The van der Waals surface area contributed by atoms with E-state index >= 15 is 0 Å². The molecule has 0 unspecified atom stereocenters. The van der Waals surface area contributed by atoms with Crippen molar-refractivity contribution in [2.75, 3.05) is 11.9 Å². The maximum atomic E-state index is 11.5. The Kier molecular flexibility index (Phi) is 7.18. The number of rotatable bonds is 7. The van der Waals surface area contributed by atoms with E-state index in [-0.39, 0.29) is 6.03 Å². The fourth-order valence-corrected chi connectivity index (χ4v) is 1.76. The van der Waals surface area contributed by atoms with Gasteiger partial charge in [-0.15, -0.1) is 0 Å². The van der Waals surface area contributed by atoms with Gasteiger partial charge in [-0.25, -0.2) is 9.78 Å². The molecule has 5 heteroatoms. The van der Waals surface area contributed by atoms with E-state index in [2.05, 4.69) is 22.5 Å². The van der Waals surface area contributed by atoms with E-state index in [0.29, 0.717) is 17.4 Å². The number of nitrogens with one attached hydrogen (secondary N) is 2. The first kappa shape index (κ1) is 14.8. The van der Waals surface area contributed by atoms with Crippen LogP contribution in [0.2, 0.25) is 5.15 Å². The largest absolute Gasteiger partial charge is 0.338 e. The third kappa shape index (κ3) is 6.45. The molecule has 2 N–H and O–H groups in total. The topological polar surface area (TPSA) is 54.0 Å². The predicted octanol–water partition coefficient (Wildman–Crippen LogP) is 3.83. The zero-order chi connectivity index (χ0) is 13.2. The lowest BCUT2D eigenvalue weighted by molar-refractivity contribution is 0.252. The first-order valence-electron chi connectivity index (χ1n) is 6.38. The van der Waals surface area contributed by atoms with Crippen molar-refractivity contribution < 1.29 is 4.79 Å². The minimum absolute atomic E-state index is 0.201. The second kappa shape index (κ2) is 8.75. The van der Waals surface area contributed by atoms with Gasteiger partial charge >= 0.3 is 6.03 Å². The fourth-order valence-electron chi connectivity index (χ4n) is 1.59. The molecule has 4 nitrogen and oxygen atoms in total. The van der Waals surface area contributed by atoms with Crippen LogP contribution in [0.15, 0.2) is 18.3 Å². The lowest BCUT2D eigenvalue weighted by Gasteiger charge is -2.07. The number of unbranched alkanes of at least 4 members (excludes halogenated alkanes) is 4. The number of nitrogens with zero attached hydrogens (tertiary/aromatic N) is 1. The SMILES string of the molecule is CCCCCCCNC(=O)Nc1ccnc(Cl)c1. The van der Waals surface area contributed by atoms with Gasteiger partial charge in [0.15, 0.2) is 0 Å². The number of anilines is 1. The van der Waals surface area contributed by atoms with Crippen LogP contribution in [0, 0.1) is 0 Å². The molecule has 0 radical (unpaired) electrons. The smallest absolute Gasteiger partial charge is 0.319 e. The summed E-state index contributed by atoms with van der Waals surface area (Å²) in [5, 5.41) is 5.89. The van der Waals surface area contributed by atoms with E-state index in [1.54, 1.807) is 18.3 Å². The van der Waals surface area contributed by atoms with Crippen molar-refractivity contribution >= 4 is 23.3 Å². The van der Waals surface area contributed by atoms with Crippen molar-refractivity contribution in [2.24, 2.45) is 0 Å². The Morgan fingerprint density at radius 3 is 2.83 bits per heavy atom. The molecule has 0 saturated heterocycles. The molecule has 0 bridgehead atoms. The second-order valence-electron chi connectivity index (χ2n) is 4.16. The van der Waals surface area contributed by atoms with Gasteiger partial charge in [0.2, 0.25) is 0 Å². The molecule has 0 aliphatic carbocycles. The van der Waals surface area contributed by atoms with Gasteiger partial charge in [-0.05, 0) is 18.6 Å².